The van der Waals surface area contributed by atoms with Gasteiger partial charge in [-0.3, -0.25) is 0 Å². The monoisotopic (exact) mass is 290 g/mol. The molecule has 0 aliphatic heterocycles. The minimum atomic E-state index is -0.0332. The molecule has 1 unspecified atom stereocenters. The fourth-order valence-electron chi connectivity index (χ4n) is 1.75. The van der Waals surface area contributed by atoms with Crippen LogP contribution in [0.4, 0.5) is 0 Å². The minimum Gasteiger partial charge on any atom is -0.492 e. The first-order valence-electron chi connectivity index (χ1n) is 6.83. The Morgan fingerprint density at radius 3 is 2.55 bits per heavy atom. The van der Waals surface area contributed by atoms with Gasteiger partial charge < -0.3 is 10.5 Å². The maximum absolute atomic E-state index is 6.11. The first-order chi connectivity index (χ1) is 9.45. The lowest BCUT2D eigenvalue weighted by Crippen LogP contribution is -2.30. The Morgan fingerprint density at radius 1 is 1.25 bits per heavy atom. The van der Waals surface area contributed by atoms with E-state index in [1.165, 1.54) is 0 Å². The molecule has 0 saturated heterocycles. The van der Waals surface area contributed by atoms with Gasteiger partial charge >= 0.3 is 0 Å². The first-order valence-corrected chi connectivity index (χ1v) is 7.71. The van der Waals surface area contributed by atoms with Crippen LogP contribution in [0.1, 0.15) is 31.5 Å². The van der Waals surface area contributed by atoms with E-state index in [0.29, 0.717) is 6.61 Å². The minimum absolute atomic E-state index is 0.0332. The van der Waals surface area contributed by atoms with E-state index in [4.69, 9.17) is 10.5 Å². The van der Waals surface area contributed by atoms with Crippen LogP contribution in [-0.4, -0.2) is 17.6 Å². The number of aromatic nitrogens is 1. The summed E-state index contributed by atoms with van der Waals surface area (Å²) in [5.41, 5.74) is 7.34. The van der Waals surface area contributed by atoms with Crippen LogP contribution in [0, 0.1) is 0 Å². The summed E-state index contributed by atoms with van der Waals surface area (Å²) in [6.45, 7) is 7.02. The molecule has 0 bridgehead atoms. The van der Waals surface area contributed by atoms with Gasteiger partial charge in [0.05, 0.1) is 10.7 Å². The van der Waals surface area contributed by atoms with Crippen molar-refractivity contribution in [1.82, 2.24) is 4.98 Å². The number of benzene rings is 1. The molecule has 0 aliphatic rings. The molecule has 0 fully saturated rings. The van der Waals surface area contributed by atoms with Gasteiger partial charge in [-0.15, -0.1) is 11.3 Å². The van der Waals surface area contributed by atoms with Crippen molar-refractivity contribution in [3.8, 4) is 5.75 Å². The first kappa shape index (κ1) is 15.0. The van der Waals surface area contributed by atoms with E-state index < -0.39 is 0 Å². The average molecular weight is 290 g/mol. The number of ether oxygens (including phenoxy) is 1. The van der Waals surface area contributed by atoms with Crippen molar-refractivity contribution in [2.75, 3.05) is 6.61 Å². The highest BCUT2D eigenvalue weighted by atomic mass is 32.1. The molecule has 2 aromatic rings. The van der Waals surface area contributed by atoms with E-state index in [-0.39, 0.29) is 11.5 Å². The van der Waals surface area contributed by atoms with Crippen molar-refractivity contribution in [2.45, 2.75) is 38.6 Å². The smallest absolute Gasteiger partial charge is 0.119 e. The lowest BCUT2D eigenvalue weighted by molar-refractivity contribution is 0.287. The molecule has 0 radical (unpaired) electrons. The summed E-state index contributed by atoms with van der Waals surface area (Å²) in [6.07, 6.45) is 0.758. The van der Waals surface area contributed by atoms with Gasteiger partial charge in [0.25, 0.3) is 0 Å². The number of thiazole rings is 1. The largest absolute Gasteiger partial charge is 0.492 e. The van der Waals surface area contributed by atoms with E-state index in [1.807, 2.05) is 30.3 Å². The molecule has 108 valence electrons. The van der Waals surface area contributed by atoms with Gasteiger partial charge in [-0.25, -0.2) is 4.98 Å². The quantitative estimate of drug-likeness (QED) is 0.918. The molecule has 1 atom stereocenters. The Hall–Kier alpha value is -1.39. The van der Waals surface area contributed by atoms with E-state index in [2.05, 4.69) is 31.1 Å². The molecule has 0 amide bonds. The molecule has 1 aromatic heterocycles. The molecule has 1 heterocycles. The number of para-hydroxylation sites is 1. The molecule has 0 spiro atoms. The van der Waals surface area contributed by atoms with Gasteiger partial charge in [0.15, 0.2) is 0 Å². The second kappa shape index (κ2) is 6.37. The van der Waals surface area contributed by atoms with E-state index in [9.17, 15) is 0 Å². The molecule has 0 saturated carbocycles. The Labute approximate surface area is 124 Å². The third-order valence-corrected chi connectivity index (χ3v) is 3.84. The van der Waals surface area contributed by atoms with Gasteiger partial charge in [-0.05, 0) is 12.1 Å². The van der Waals surface area contributed by atoms with Crippen LogP contribution in [-0.2, 0) is 11.8 Å². The SMILES string of the molecule is CC(C)(C)c1csc(CC(N)COc2ccccc2)n1. The van der Waals surface area contributed by atoms with Gasteiger partial charge in [-0.2, -0.15) is 0 Å². The predicted octanol–water partition coefficient (Wildman–Crippen LogP) is 3.39. The predicted molar refractivity (Wildman–Crippen MR) is 84.4 cm³/mol. The molecule has 20 heavy (non-hydrogen) atoms. The second-order valence-corrected chi connectivity index (χ2v) is 6.91. The summed E-state index contributed by atoms with van der Waals surface area (Å²) in [5.74, 6) is 0.859. The summed E-state index contributed by atoms with van der Waals surface area (Å²) in [4.78, 5) is 4.66. The molecule has 2 N–H and O–H groups in total. The van der Waals surface area contributed by atoms with Gasteiger partial charge in [0.1, 0.15) is 12.4 Å². The topological polar surface area (TPSA) is 48.1 Å². The third-order valence-electron chi connectivity index (χ3n) is 2.96. The van der Waals surface area contributed by atoms with Gasteiger partial charge in [-0.1, -0.05) is 39.0 Å². The molecular formula is C16H22N2OS. The van der Waals surface area contributed by atoms with Crippen LogP contribution < -0.4 is 10.5 Å². The van der Waals surface area contributed by atoms with Crippen molar-refractivity contribution < 1.29 is 4.74 Å². The maximum atomic E-state index is 6.11. The van der Waals surface area contributed by atoms with E-state index >= 15 is 0 Å². The van der Waals surface area contributed by atoms with E-state index in [1.54, 1.807) is 11.3 Å². The fourth-order valence-corrected chi connectivity index (χ4v) is 2.87. The maximum Gasteiger partial charge on any atom is 0.119 e. The lowest BCUT2D eigenvalue weighted by atomic mass is 9.93. The Morgan fingerprint density at radius 2 is 1.95 bits per heavy atom. The summed E-state index contributed by atoms with van der Waals surface area (Å²) >= 11 is 1.68. The average Bonchev–Trinajstić information content (AvgIpc) is 2.86. The molecule has 2 rings (SSSR count). The lowest BCUT2D eigenvalue weighted by Gasteiger charge is -2.14. The van der Waals surface area contributed by atoms with Crippen LogP contribution in [0.15, 0.2) is 35.7 Å². The Balaban J connectivity index is 1.85. The van der Waals surface area contributed by atoms with Crippen molar-refractivity contribution in [2.24, 2.45) is 5.73 Å². The zero-order valence-corrected chi connectivity index (χ0v) is 13.1. The van der Waals surface area contributed by atoms with Crippen LogP contribution in [0.25, 0.3) is 0 Å². The fraction of sp³-hybridized carbons (Fsp3) is 0.438. The second-order valence-electron chi connectivity index (χ2n) is 5.96. The molecule has 3 nitrogen and oxygen atoms in total. The highest BCUT2D eigenvalue weighted by molar-refractivity contribution is 7.09. The van der Waals surface area contributed by atoms with Crippen molar-refractivity contribution >= 4 is 11.3 Å². The number of nitrogens with two attached hydrogens (primary N) is 1. The highest BCUT2D eigenvalue weighted by Gasteiger charge is 2.18. The number of rotatable bonds is 5. The van der Waals surface area contributed by atoms with Crippen molar-refractivity contribution in [3.63, 3.8) is 0 Å². The number of nitrogens with zero attached hydrogens (tertiary/aromatic N) is 1. The summed E-state index contributed by atoms with van der Waals surface area (Å²) < 4.78 is 5.67. The molecular weight excluding hydrogens is 268 g/mol. The van der Waals surface area contributed by atoms with E-state index in [0.717, 1.165) is 22.9 Å². The third kappa shape index (κ3) is 4.32. The molecule has 0 aliphatic carbocycles. The van der Waals surface area contributed by atoms with Crippen LogP contribution >= 0.6 is 11.3 Å². The Bertz CT molecular complexity index is 531. The van der Waals surface area contributed by atoms with Crippen molar-refractivity contribution in [1.29, 1.82) is 0 Å². The molecule has 1 aromatic carbocycles. The summed E-state index contributed by atoms with van der Waals surface area (Å²) in [7, 11) is 0. The number of hydrogen-bond donors (Lipinski definition) is 1. The zero-order chi connectivity index (χ0) is 14.6. The summed E-state index contributed by atoms with van der Waals surface area (Å²) in [5, 5.41) is 3.21. The molecule has 4 heteroatoms. The zero-order valence-electron chi connectivity index (χ0n) is 12.3. The van der Waals surface area contributed by atoms with Gasteiger partial charge in [0.2, 0.25) is 0 Å². The van der Waals surface area contributed by atoms with Crippen LogP contribution in [0.3, 0.4) is 0 Å². The normalized spacial score (nSPS) is 13.2. The van der Waals surface area contributed by atoms with Crippen molar-refractivity contribution in [3.05, 3.63) is 46.4 Å². The summed E-state index contributed by atoms with van der Waals surface area (Å²) in [6, 6.07) is 9.72. The standard InChI is InChI=1S/C16H22N2OS/c1-16(2,3)14-11-20-15(18-14)9-12(17)10-19-13-7-5-4-6-8-13/h4-8,11-12H,9-10,17H2,1-3H3. The number of hydrogen-bond acceptors (Lipinski definition) is 4. The van der Waals surface area contributed by atoms with Crippen LogP contribution in [0.5, 0.6) is 5.75 Å². The highest BCUT2D eigenvalue weighted by Crippen LogP contribution is 2.24. The van der Waals surface area contributed by atoms with Crippen LogP contribution in [0.2, 0.25) is 0 Å². The Kier molecular flexibility index (Phi) is 4.78. The van der Waals surface area contributed by atoms with Gasteiger partial charge in [0, 0.05) is 23.3 Å².